The van der Waals surface area contributed by atoms with Crippen LogP contribution in [0.25, 0.3) is 16.7 Å². The molecular formula is C19H13Cl2N3O. The fourth-order valence-corrected chi connectivity index (χ4v) is 3.81. The molecule has 0 radical (unpaired) electrons. The van der Waals surface area contributed by atoms with Crippen LogP contribution in [0.4, 0.5) is 0 Å². The molecule has 1 unspecified atom stereocenters. The van der Waals surface area contributed by atoms with Crippen LogP contribution in [0.3, 0.4) is 0 Å². The molecule has 0 saturated heterocycles. The molecule has 4 nitrogen and oxygen atoms in total. The van der Waals surface area contributed by atoms with Gasteiger partial charge in [0.15, 0.2) is 0 Å². The number of halogens is 2. The minimum Gasteiger partial charge on any atom is -0.459 e. The Morgan fingerprint density at radius 1 is 1.16 bits per heavy atom. The van der Waals surface area contributed by atoms with E-state index in [1.807, 2.05) is 30.5 Å². The van der Waals surface area contributed by atoms with Crippen LogP contribution < -0.4 is 5.32 Å². The largest absolute Gasteiger partial charge is 0.459 e. The average Bonchev–Trinajstić information content (AvgIpc) is 3.20. The maximum absolute atomic E-state index is 6.42. The number of hydrogen-bond acceptors (Lipinski definition) is 3. The molecule has 124 valence electrons. The maximum atomic E-state index is 6.42. The molecule has 1 atom stereocenters. The van der Waals surface area contributed by atoms with Crippen LogP contribution in [-0.4, -0.2) is 9.55 Å². The Labute approximate surface area is 154 Å². The monoisotopic (exact) mass is 369 g/mol. The molecule has 3 aromatic heterocycles. The zero-order chi connectivity index (χ0) is 17.0. The van der Waals surface area contributed by atoms with E-state index in [-0.39, 0.29) is 6.04 Å². The van der Waals surface area contributed by atoms with Gasteiger partial charge in [-0.2, -0.15) is 0 Å². The average molecular weight is 370 g/mol. The van der Waals surface area contributed by atoms with Crippen molar-refractivity contribution >= 4 is 34.2 Å². The summed E-state index contributed by atoms with van der Waals surface area (Å²) in [7, 11) is 0. The molecule has 4 heterocycles. The van der Waals surface area contributed by atoms with Gasteiger partial charge in [0.25, 0.3) is 0 Å². The molecular weight excluding hydrogens is 357 g/mol. The summed E-state index contributed by atoms with van der Waals surface area (Å²) >= 11 is 12.4. The van der Waals surface area contributed by atoms with Crippen molar-refractivity contribution in [3.63, 3.8) is 0 Å². The van der Waals surface area contributed by atoms with Crippen molar-refractivity contribution in [1.82, 2.24) is 14.9 Å². The van der Waals surface area contributed by atoms with E-state index in [4.69, 9.17) is 27.6 Å². The summed E-state index contributed by atoms with van der Waals surface area (Å²) in [5, 5.41) is 5.67. The van der Waals surface area contributed by atoms with Gasteiger partial charge in [0.2, 0.25) is 0 Å². The number of aromatic nitrogens is 2. The van der Waals surface area contributed by atoms with Gasteiger partial charge >= 0.3 is 0 Å². The first-order chi connectivity index (χ1) is 12.2. The van der Waals surface area contributed by atoms with Gasteiger partial charge in [-0.25, -0.2) is 4.98 Å². The van der Waals surface area contributed by atoms with Crippen molar-refractivity contribution < 1.29 is 4.42 Å². The van der Waals surface area contributed by atoms with Crippen molar-refractivity contribution in [3.8, 4) is 5.69 Å². The van der Waals surface area contributed by atoms with Gasteiger partial charge in [-0.3, -0.25) is 5.32 Å². The number of hydrogen-bond donors (Lipinski definition) is 1. The number of fused-ring (bicyclic) bond motifs is 4. The molecule has 0 aliphatic carbocycles. The summed E-state index contributed by atoms with van der Waals surface area (Å²) in [4.78, 5) is 4.12. The highest BCUT2D eigenvalue weighted by molar-refractivity contribution is 6.31. The molecule has 6 heteroatoms. The van der Waals surface area contributed by atoms with Crippen molar-refractivity contribution in [2.45, 2.75) is 12.6 Å². The standard InChI is InChI=1S/C19H13Cl2N3O/c20-13-3-1-4-14-12(13)10-23-19(15-5-2-6-24(14)15)17-7-11-9-22-18(21)8-16(11)25-17/h1-9,19,23H,10H2. The predicted octanol–water partition coefficient (Wildman–Crippen LogP) is 5.12. The quantitative estimate of drug-likeness (QED) is 0.473. The molecule has 1 aliphatic heterocycles. The highest BCUT2D eigenvalue weighted by Gasteiger charge is 2.26. The zero-order valence-corrected chi connectivity index (χ0v) is 14.6. The normalized spacial score (nSPS) is 16.5. The van der Waals surface area contributed by atoms with Gasteiger partial charge < -0.3 is 8.98 Å². The second-order valence-electron chi connectivity index (χ2n) is 6.05. The predicted molar refractivity (Wildman–Crippen MR) is 98.5 cm³/mol. The number of pyridine rings is 1. The summed E-state index contributed by atoms with van der Waals surface area (Å²) in [5.41, 5.74) is 3.99. The first-order valence-corrected chi connectivity index (χ1v) is 8.70. The van der Waals surface area contributed by atoms with Crippen LogP contribution in [0, 0.1) is 0 Å². The fourth-order valence-electron chi connectivity index (χ4n) is 3.42. The second kappa shape index (κ2) is 5.63. The highest BCUT2D eigenvalue weighted by atomic mass is 35.5. The topological polar surface area (TPSA) is 43.0 Å². The summed E-state index contributed by atoms with van der Waals surface area (Å²) in [6, 6.07) is 13.7. The van der Waals surface area contributed by atoms with Crippen LogP contribution in [-0.2, 0) is 6.54 Å². The number of nitrogens with one attached hydrogen (secondary N) is 1. The number of furan rings is 1. The van der Waals surface area contributed by atoms with E-state index in [0.717, 1.165) is 38.7 Å². The lowest BCUT2D eigenvalue weighted by Crippen LogP contribution is -2.20. The second-order valence-corrected chi connectivity index (χ2v) is 6.84. The molecule has 0 bridgehead atoms. The van der Waals surface area contributed by atoms with Gasteiger partial charge in [0, 0.05) is 46.7 Å². The molecule has 0 saturated carbocycles. The third-order valence-electron chi connectivity index (χ3n) is 4.58. The highest BCUT2D eigenvalue weighted by Crippen LogP contribution is 2.35. The lowest BCUT2D eigenvalue weighted by Gasteiger charge is -2.14. The number of benzene rings is 1. The Hall–Kier alpha value is -2.27. The maximum Gasteiger partial charge on any atom is 0.139 e. The molecule has 0 spiro atoms. The molecule has 1 aromatic carbocycles. The van der Waals surface area contributed by atoms with Crippen molar-refractivity contribution in [1.29, 1.82) is 0 Å². The third kappa shape index (κ3) is 2.37. The van der Waals surface area contributed by atoms with Crippen LogP contribution in [0.2, 0.25) is 10.2 Å². The molecule has 1 aliphatic rings. The lowest BCUT2D eigenvalue weighted by atomic mass is 10.1. The molecule has 0 amide bonds. The van der Waals surface area contributed by atoms with Gasteiger partial charge in [-0.1, -0.05) is 29.3 Å². The first kappa shape index (κ1) is 15.0. The van der Waals surface area contributed by atoms with Gasteiger partial charge in [0.1, 0.15) is 22.5 Å². The zero-order valence-electron chi connectivity index (χ0n) is 13.0. The third-order valence-corrected chi connectivity index (χ3v) is 5.15. The SMILES string of the molecule is Clc1cc2oc(C3NCc4c(Cl)cccc4-n4cccc43)cc2cn1. The van der Waals surface area contributed by atoms with Crippen LogP contribution in [0.15, 0.2) is 59.3 Å². The fraction of sp³-hybridized carbons (Fsp3) is 0.105. The van der Waals surface area contributed by atoms with E-state index in [2.05, 4.69) is 27.0 Å². The smallest absolute Gasteiger partial charge is 0.139 e. The Bertz CT molecular complexity index is 1100. The van der Waals surface area contributed by atoms with Crippen molar-refractivity contribution in [2.75, 3.05) is 0 Å². The van der Waals surface area contributed by atoms with Crippen LogP contribution in [0.1, 0.15) is 23.1 Å². The summed E-state index contributed by atoms with van der Waals surface area (Å²) < 4.78 is 8.22. The molecule has 5 rings (SSSR count). The van der Waals surface area contributed by atoms with Crippen molar-refractivity contribution in [3.05, 3.63) is 82.1 Å². The minimum absolute atomic E-state index is 0.0929. The summed E-state index contributed by atoms with van der Waals surface area (Å²) in [6.45, 7) is 0.650. The van der Waals surface area contributed by atoms with Gasteiger partial charge in [-0.15, -0.1) is 0 Å². The number of rotatable bonds is 1. The Morgan fingerprint density at radius 3 is 3.00 bits per heavy atom. The number of nitrogens with zero attached hydrogens (tertiary/aromatic N) is 2. The molecule has 0 fully saturated rings. The summed E-state index contributed by atoms with van der Waals surface area (Å²) in [5.74, 6) is 0.822. The van der Waals surface area contributed by atoms with E-state index in [0.29, 0.717) is 11.7 Å². The molecule has 1 N–H and O–H groups in total. The molecule has 4 aromatic rings. The van der Waals surface area contributed by atoms with E-state index in [1.54, 1.807) is 12.3 Å². The van der Waals surface area contributed by atoms with Crippen molar-refractivity contribution in [2.24, 2.45) is 0 Å². The van der Waals surface area contributed by atoms with E-state index in [9.17, 15) is 0 Å². The molecule has 25 heavy (non-hydrogen) atoms. The Balaban J connectivity index is 1.67. The van der Waals surface area contributed by atoms with E-state index < -0.39 is 0 Å². The van der Waals surface area contributed by atoms with Crippen LogP contribution >= 0.6 is 23.2 Å². The van der Waals surface area contributed by atoms with E-state index >= 15 is 0 Å². The lowest BCUT2D eigenvalue weighted by molar-refractivity contribution is 0.465. The Kier molecular flexibility index (Phi) is 3.38. The van der Waals surface area contributed by atoms with Gasteiger partial charge in [-0.05, 0) is 30.3 Å². The Morgan fingerprint density at radius 2 is 2.08 bits per heavy atom. The van der Waals surface area contributed by atoms with E-state index in [1.165, 1.54) is 0 Å². The van der Waals surface area contributed by atoms with Crippen LogP contribution in [0.5, 0.6) is 0 Å². The summed E-state index contributed by atoms with van der Waals surface area (Å²) in [6.07, 6.45) is 3.78. The first-order valence-electron chi connectivity index (χ1n) is 7.94. The minimum atomic E-state index is -0.0929. The van der Waals surface area contributed by atoms with Gasteiger partial charge in [0.05, 0.1) is 5.69 Å².